The number of aromatic nitrogens is 1. The van der Waals surface area contributed by atoms with E-state index in [2.05, 4.69) is 15.6 Å². The van der Waals surface area contributed by atoms with Gasteiger partial charge >= 0.3 is 0 Å². The van der Waals surface area contributed by atoms with Crippen molar-refractivity contribution >= 4 is 23.2 Å². The second kappa shape index (κ2) is 7.04. The van der Waals surface area contributed by atoms with Crippen LogP contribution in [0.4, 0.5) is 10.1 Å². The normalized spacial score (nSPS) is 16.4. The molecule has 1 aromatic heterocycles. The number of rotatable bonds is 6. The number of halogens is 2. The van der Waals surface area contributed by atoms with Crippen LogP contribution in [0.25, 0.3) is 0 Å². The largest absolute Gasteiger partial charge is 0.377 e. The Labute approximate surface area is 128 Å². The maximum absolute atomic E-state index is 13.6. The number of carbonyl (C=O) groups is 1. The highest BCUT2D eigenvalue weighted by molar-refractivity contribution is 6.29. The van der Waals surface area contributed by atoms with Gasteiger partial charge in [-0.1, -0.05) is 25.4 Å². The van der Waals surface area contributed by atoms with Gasteiger partial charge in [0.2, 0.25) is 0 Å². The Bertz CT molecular complexity index is 509. The number of ether oxygens (including phenoxy) is 1. The van der Waals surface area contributed by atoms with Crippen LogP contribution in [0.1, 0.15) is 24.2 Å². The molecule has 7 heteroatoms. The molecular formula is C14H19ClFN3O2. The number of hydrogen-bond acceptors (Lipinski definition) is 4. The van der Waals surface area contributed by atoms with Gasteiger partial charge in [-0.2, -0.15) is 0 Å². The zero-order chi connectivity index (χ0) is 15.4. The van der Waals surface area contributed by atoms with E-state index < -0.39 is 6.17 Å². The van der Waals surface area contributed by atoms with E-state index in [9.17, 15) is 9.18 Å². The molecule has 0 spiro atoms. The SMILES string of the molecule is CC(C)[C@H](F)CNC(=O)c1cnc(Cl)cc1NC1COC1. The number of hydrogen-bond donors (Lipinski definition) is 2. The van der Waals surface area contributed by atoms with Crippen molar-refractivity contribution in [2.45, 2.75) is 26.1 Å². The number of anilines is 1. The molecule has 1 aliphatic heterocycles. The summed E-state index contributed by atoms with van der Waals surface area (Å²) in [6.45, 7) is 4.68. The quantitative estimate of drug-likeness (QED) is 0.791. The highest BCUT2D eigenvalue weighted by Crippen LogP contribution is 2.21. The molecule has 1 fully saturated rings. The molecule has 1 aliphatic rings. The molecule has 0 aromatic carbocycles. The molecule has 21 heavy (non-hydrogen) atoms. The van der Waals surface area contributed by atoms with Crippen molar-refractivity contribution in [3.8, 4) is 0 Å². The summed E-state index contributed by atoms with van der Waals surface area (Å²) < 4.78 is 18.6. The van der Waals surface area contributed by atoms with Crippen molar-refractivity contribution in [1.29, 1.82) is 0 Å². The van der Waals surface area contributed by atoms with Gasteiger partial charge in [0.25, 0.3) is 5.91 Å². The van der Waals surface area contributed by atoms with Crippen LogP contribution in [0.5, 0.6) is 0 Å². The molecular weight excluding hydrogens is 297 g/mol. The highest BCUT2D eigenvalue weighted by Gasteiger charge is 2.22. The van der Waals surface area contributed by atoms with Crippen LogP contribution in [0.15, 0.2) is 12.3 Å². The predicted octanol–water partition coefficient (Wildman–Crippen LogP) is 2.27. The molecule has 0 saturated carbocycles. The topological polar surface area (TPSA) is 63.2 Å². The van der Waals surface area contributed by atoms with Crippen molar-refractivity contribution < 1.29 is 13.9 Å². The minimum atomic E-state index is -1.08. The summed E-state index contributed by atoms with van der Waals surface area (Å²) in [6.07, 6.45) is 0.313. The first-order valence-corrected chi connectivity index (χ1v) is 7.27. The Morgan fingerprint density at radius 2 is 2.29 bits per heavy atom. The van der Waals surface area contributed by atoms with Crippen LogP contribution in [-0.4, -0.2) is 42.9 Å². The van der Waals surface area contributed by atoms with Gasteiger partial charge in [-0.05, 0) is 12.0 Å². The average Bonchev–Trinajstić information content (AvgIpc) is 2.39. The molecule has 0 aliphatic carbocycles. The molecule has 0 radical (unpaired) electrons. The van der Waals surface area contributed by atoms with Gasteiger partial charge in [0.15, 0.2) is 0 Å². The molecule has 0 unspecified atom stereocenters. The number of nitrogens with zero attached hydrogens (tertiary/aromatic N) is 1. The zero-order valence-electron chi connectivity index (χ0n) is 12.0. The second-order valence-electron chi connectivity index (χ2n) is 5.40. The molecule has 1 aromatic rings. The minimum absolute atomic E-state index is 0.0227. The number of alkyl halides is 1. The maximum Gasteiger partial charge on any atom is 0.255 e. The monoisotopic (exact) mass is 315 g/mol. The Hall–Kier alpha value is -1.40. The standard InChI is InChI=1S/C14H19ClFN3O2/c1-8(2)11(16)5-18-14(20)10-4-17-13(15)3-12(10)19-9-6-21-7-9/h3-4,8-9,11H,5-7H2,1-2H3,(H,17,19)(H,18,20)/t11-/m1/s1. The van der Waals surface area contributed by atoms with Crippen molar-refractivity contribution in [3.05, 3.63) is 23.0 Å². The molecule has 1 atom stereocenters. The summed E-state index contributed by atoms with van der Waals surface area (Å²) in [5.41, 5.74) is 0.933. The van der Waals surface area contributed by atoms with Gasteiger partial charge in [-0.25, -0.2) is 9.37 Å². The van der Waals surface area contributed by atoms with Gasteiger partial charge in [0.05, 0.1) is 30.5 Å². The van der Waals surface area contributed by atoms with Crippen molar-refractivity contribution in [3.63, 3.8) is 0 Å². The maximum atomic E-state index is 13.6. The van der Waals surface area contributed by atoms with Crippen LogP contribution in [0, 0.1) is 5.92 Å². The van der Waals surface area contributed by atoms with Gasteiger partial charge in [0, 0.05) is 12.7 Å². The lowest BCUT2D eigenvalue weighted by Crippen LogP contribution is -2.41. The molecule has 1 saturated heterocycles. The summed E-state index contributed by atoms with van der Waals surface area (Å²) >= 11 is 5.86. The van der Waals surface area contributed by atoms with E-state index in [0.717, 1.165) is 0 Å². The van der Waals surface area contributed by atoms with Crippen molar-refractivity contribution in [1.82, 2.24) is 10.3 Å². The molecule has 2 rings (SSSR count). The minimum Gasteiger partial charge on any atom is -0.377 e. The lowest BCUT2D eigenvalue weighted by Gasteiger charge is -2.28. The van der Waals surface area contributed by atoms with Crippen LogP contribution < -0.4 is 10.6 Å². The van der Waals surface area contributed by atoms with Gasteiger partial charge in [-0.3, -0.25) is 4.79 Å². The fraction of sp³-hybridized carbons (Fsp3) is 0.571. The summed E-state index contributed by atoms with van der Waals surface area (Å²) in [4.78, 5) is 16.1. The summed E-state index contributed by atoms with van der Waals surface area (Å²) in [7, 11) is 0. The third-order valence-corrected chi connectivity index (χ3v) is 3.50. The second-order valence-corrected chi connectivity index (χ2v) is 5.79. The lowest BCUT2D eigenvalue weighted by molar-refractivity contribution is 0.0210. The first-order chi connectivity index (χ1) is 9.97. The summed E-state index contributed by atoms with van der Waals surface area (Å²) in [5, 5.41) is 6.05. The van der Waals surface area contributed by atoms with Crippen LogP contribution in [-0.2, 0) is 4.74 Å². The molecule has 116 valence electrons. The van der Waals surface area contributed by atoms with E-state index in [1.54, 1.807) is 19.9 Å². The Balaban J connectivity index is 2.04. The van der Waals surface area contributed by atoms with Gasteiger partial charge in [0.1, 0.15) is 11.3 Å². The summed E-state index contributed by atoms with van der Waals surface area (Å²) in [6, 6.07) is 1.74. The molecule has 5 nitrogen and oxygen atoms in total. The number of carbonyl (C=O) groups excluding carboxylic acids is 1. The molecule has 0 bridgehead atoms. The lowest BCUT2D eigenvalue weighted by atomic mass is 10.1. The van der Waals surface area contributed by atoms with Crippen LogP contribution >= 0.6 is 11.6 Å². The first-order valence-electron chi connectivity index (χ1n) is 6.89. The first kappa shape index (κ1) is 16.0. The third kappa shape index (κ3) is 4.28. The van der Waals surface area contributed by atoms with E-state index in [1.165, 1.54) is 6.20 Å². The zero-order valence-corrected chi connectivity index (χ0v) is 12.8. The fourth-order valence-electron chi connectivity index (χ4n) is 1.79. The molecule has 2 heterocycles. The Kier molecular flexibility index (Phi) is 5.36. The average molecular weight is 316 g/mol. The molecule has 2 N–H and O–H groups in total. The smallest absolute Gasteiger partial charge is 0.255 e. The summed E-state index contributed by atoms with van der Waals surface area (Å²) in [5.74, 6) is -0.511. The highest BCUT2D eigenvalue weighted by atomic mass is 35.5. The van der Waals surface area contributed by atoms with E-state index >= 15 is 0 Å². The van der Waals surface area contributed by atoms with Crippen LogP contribution in [0.2, 0.25) is 5.15 Å². The fourth-order valence-corrected chi connectivity index (χ4v) is 1.95. The predicted molar refractivity (Wildman–Crippen MR) is 79.5 cm³/mol. The Morgan fingerprint density at radius 3 is 2.86 bits per heavy atom. The number of nitrogens with one attached hydrogen (secondary N) is 2. The van der Waals surface area contributed by atoms with E-state index in [-0.39, 0.29) is 24.4 Å². The van der Waals surface area contributed by atoms with Crippen molar-refractivity contribution in [2.75, 3.05) is 25.1 Å². The number of amides is 1. The van der Waals surface area contributed by atoms with Crippen molar-refractivity contribution in [2.24, 2.45) is 5.92 Å². The van der Waals surface area contributed by atoms with Crippen LogP contribution in [0.3, 0.4) is 0 Å². The van der Waals surface area contributed by atoms with Gasteiger partial charge < -0.3 is 15.4 Å². The van der Waals surface area contributed by atoms with E-state index in [0.29, 0.717) is 29.6 Å². The third-order valence-electron chi connectivity index (χ3n) is 3.29. The number of pyridine rings is 1. The Morgan fingerprint density at radius 1 is 1.57 bits per heavy atom. The van der Waals surface area contributed by atoms with E-state index in [1.807, 2.05) is 0 Å². The van der Waals surface area contributed by atoms with Gasteiger partial charge in [-0.15, -0.1) is 0 Å². The van der Waals surface area contributed by atoms with E-state index in [4.69, 9.17) is 16.3 Å². The molecule has 1 amide bonds.